The van der Waals surface area contributed by atoms with Crippen molar-refractivity contribution in [2.24, 2.45) is 4.99 Å². The summed E-state index contributed by atoms with van der Waals surface area (Å²) in [5.74, 6) is 0.265. The summed E-state index contributed by atoms with van der Waals surface area (Å²) in [4.78, 5) is 27.1. The molecule has 1 amide bonds. The second-order valence-electron chi connectivity index (χ2n) is 9.85. The van der Waals surface area contributed by atoms with E-state index < -0.39 is 0 Å². The Hall–Kier alpha value is -3.31. The molecular formula is C29H30N4O. The van der Waals surface area contributed by atoms with Crippen molar-refractivity contribution >= 4 is 11.6 Å². The van der Waals surface area contributed by atoms with Gasteiger partial charge in [0.2, 0.25) is 5.91 Å². The number of carbonyl (C=O) groups excluding carboxylic acids is 1. The molecule has 0 bridgehead atoms. The number of aryl methyl sites for hydroxylation is 1. The van der Waals surface area contributed by atoms with E-state index in [4.69, 9.17) is 4.99 Å². The summed E-state index contributed by atoms with van der Waals surface area (Å²) >= 11 is 0. The predicted molar refractivity (Wildman–Crippen MR) is 134 cm³/mol. The molecule has 0 saturated carbocycles. The summed E-state index contributed by atoms with van der Waals surface area (Å²) in [5, 5.41) is 0. The summed E-state index contributed by atoms with van der Waals surface area (Å²) in [6, 6.07) is 19.6. The van der Waals surface area contributed by atoms with Gasteiger partial charge in [-0.15, -0.1) is 0 Å². The molecule has 0 radical (unpaired) electrons. The molecule has 2 aromatic carbocycles. The van der Waals surface area contributed by atoms with Crippen LogP contribution < -0.4 is 0 Å². The van der Waals surface area contributed by atoms with Crippen LogP contribution in [-0.2, 0) is 30.8 Å². The highest BCUT2D eigenvalue weighted by Gasteiger charge is 2.33. The van der Waals surface area contributed by atoms with Gasteiger partial charge < -0.3 is 4.90 Å². The Labute approximate surface area is 201 Å². The van der Waals surface area contributed by atoms with Crippen molar-refractivity contribution in [3.63, 3.8) is 0 Å². The minimum Gasteiger partial charge on any atom is -0.334 e. The summed E-state index contributed by atoms with van der Waals surface area (Å²) in [5.41, 5.74) is 9.32. The average Bonchev–Trinajstić information content (AvgIpc) is 3.26. The molecule has 4 heterocycles. The van der Waals surface area contributed by atoms with Gasteiger partial charge in [-0.05, 0) is 66.8 Å². The normalized spacial score (nSPS) is 20.1. The number of nitrogens with zero attached hydrogens (tertiary/aromatic N) is 4. The quantitative estimate of drug-likeness (QED) is 0.596. The van der Waals surface area contributed by atoms with Gasteiger partial charge in [-0.25, -0.2) is 0 Å². The van der Waals surface area contributed by atoms with Gasteiger partial charge in [-0.1, -0.05) is 36.4 Å². The molecule has 3 aliphatic heterocycles. The Morgan fingerprint density at radius 3 is 2.74 bits per heavy atom. The van der Waals surface area contributed by atoms with Crippen LogP contribution in [0.1, 0.15) is 51.9 Å². The maximum atomic E-state index is 13.2. The molecule has 172 valence electrons. The highest BCUT2D eigenvalue weighted by Crippen LogP contribution is 2.32. The van der Waals surface area contributed by atoms with Crippen LogP contribution in [0.2, 0.25) is 0 Å². The van der Waals surface area contributed by atoms with Crippen molar-refractivity contribution in [2.45, 2.75) is 51.9 Å². The van der Waals surface area contributed by atoms with Gasteiger partial charge in [0.25, 0.3) is 0 Å². The highest BCUT2D eigenvalue weighted by atomic mass is 16.2. The molecule has 5 heteroatoms. The SMILES string of the molecule is Cc1ccc(C2=NCc3cc4c(cc32)CN([C@@H]2CCCN(Cc3ccccc3)C2)C(=O)C4)cn1. The van der Waals surface area contributed by atoms with Crippen molar-refractivity contribution in [1.82, 2.24) is 14.8 Å². The lowest BCUT2D eigenvalue weighted by molar-refractivity contribution is -0.135. The van der Waals surface area contributed by atoms with Crippen molar-refractivity contribution < 1.29 is 4.79 Å². The highest BCUT2D eigenvalue weighted by molar-refractivity contribution is 6.15. The average molecular weight is 451 g/mol. The minimum absolute atomic E-state index is 0.265. The molecule has 0 spiro atoms. The number of aromatic nitrogens is 1. The second-order valence-corrected chi connectivity index (χ2v) is 9.85. The van der Waals surface area contributed by atoms with Crippen LogP contribution in [0.15, 0.2) is 65.8 Å². The Kier molecular flexibility index (Phi) is 5.50. The molecule has 0 N–H and O–H groups in total. The molecule has 1 saturated heterocycles. The van der Waals surface area contributed by atoms with Crippen LogP contribution >= 0.6 is 0 Å². The van der Waals surface area contributed by atoms with E-state index in [2.05, 4.69) is 63.3 Å². The summed E-state index contributed by atoms with van der Waals surface area (Å²) in [6.07, 6.45) is 4.63. The number of rotatable bonds is 4. The first-order chi connectivity index (χ1) is 16.6. The first-order valence-electron chi connectivity index (χ1n) is 12.3. The molecule has 1 aromatic heterocycles. The molecular weight excluding hydrogens is 420 g/mol. The number of pyridine rings is 1. The van der Waals surface area contributed by atoms with E-state index in [9.17, 15) is 4.79 Å². The lowest BCUT2D eigenvalue weighted by Gasteiger charge is -2.41. The second kappa shape index (κ2) is 8.80. The fourth-order valence-electron chi connectivity index (χ4n) is 5.65. The third-order valence-corrected chi connectivity index (χ3v) is 7.45. The van der Waals surface area contributed by atoms with Gasteiger partial charge in [0, 0.05) is 48.7 Å². The smallest absolute Gasteiger partial charge is 0.227 e. The topological polar surface area (TPSA) is 48.8 Å². The van der Waals surface area contributed by atoms with Crippen LogP contribution in [0.3, 0.4) is 0 Å². The van der Waals surface area contributed by atoms with Crippen molar-refractivity contribution in [3.8, 4) is 0 Å². The third-order valence-electron chi connectivity index (χ3n) is 7.45. The Balaban J connectivity index is 1.22. The Morgan fingerprint density at radius 1 is 1.03 bits per heavy atom. The molecule has 5 nitrogen and oxygen atoms in total. The number of piperidine rings is 1. The van der Waals surface area contributed by atoms with E-state index in [0.29, 0.717) is 19.5 Å². The number of carbonyl (C=O) groups is 1. The molecule has 6 rings (SSSR count). The van der Waals surface area contributed by atoms with Crippen molar-refractivity contribution in [3.05, 3.63) is 99.9 Å². The summed E-state index contributed by atoms with van der Waals surface area (Å²) in [6.45, 7) is 6.38. The lowest BCUT2D eigenvalue weighted by Crippen LogP contribution is -2.51. The number of likely N-dealkylation sites (tertiary alicyclic amines) is 1. The van der Waals surface area contributed by atoms with Crippen LogP contribution in [0.25, 0.3) is 0 Å². The first-order valence-corrected chi connectivity index (χ1v) is 12.3. The molecule has 0 aliphatic carbocycles. The number of fused-ring (bicyclic) bond motifs is 2. The number of benzene rings is 2. The molecule has 34 heavy (non-hydrogen) atoms. The van der Waals surface area contributed by atoms with E-state index >= 15 is 0 Å². The largest absolute Gasteiger partial charge is 0.334 e. The van der Waals surface area contributed by atoms with E-state index in [1.165, 1.54) is 27.8 Å². The fraction of sp³-hybridized carbons (Fsp3) is 0.345. The Morgan fingerprint density at radius 2 is 1.91 bits per heavy atom. The third kappa shape index (κ3) is 4.05. The zero-order valence-corrected chi connectivity index (χ0v) is 19.7. The predicted octanol–water partition coefficient (Wildman–Crippen LogP) is 4.29. The van der Waals surface area contributed by atoms with Crippen LogP contribution in [0, 0.1) is 6.92 Å². The van der Waals surface area contributed by atoms with Crippen molar-refractivity contribution in [1.29, 1.82) is 0 Å². The number of aliphatic imine (C=N–C) groups is 1. The standard InChI is InChI=1S/C29H30N4O/c1-20-9-10-22(15-30-20)29-27-13-25-18-33(28(34)14-23(25)12-24(27)16-31-29)26-8-5-11-32(19-26)17-21-6-3-2-4-7-21/h2-4,6-7,9-10,12-13,15,26H,5,8,11,14,16-19H2,1H3/t26-/m1/s1. The molecule has 0 unspecified atom stereocenters. The van der Waals surface area contributed by atoms with Gasteiger partial charge in [-0.3, -0.25) is 19.7 Å². The number of hydrogen-bond donors (Lipinski definition) is 0. The minimum atomic E-state index is 0.265. The van der Waals surface area contributed by atoms with Crippen LogP contribution in [0.4, 0.5) is 0 Å². The van der Waals surface area contributed by atoms with E-state index in [1.54, 1.807) is 0 Å². The van der Waals surface area contributed by atoms with Gasteiger partial charge in [-0.2, -0.15) is 0 Å². The summed E-state index contributed by atoms with van der Waals surface area (Å²) < 4.78 is 0. The van der Waals surface area contributed by atoms with Crippen LogP contribution in [0.5, 0.6) is 0 Å². The number of hydrogen-bond acceptors (Lipinski definition) is 4. The van der Waals surface area contributed by atoms with E-state index in [0.717, 1.165) is 49.4 Å². The van der Waals surface area contributed by atoms with Gasteiger partial charge in [0.1, 0.15) is 0 Å². The van der Waals surface area contributed by atoms with E-state index in [1.807, 2.05) is 19.2 Å². The Bertz CT molecular complexity index is 1250. The maximum absolute atomic E-state index is 13.2. The van der Waals surface area contributed by atoms with Gasteiger partial charge in [0.15, 0.2) is 0 Å². The first kappa shape index (κ1) is 21.2. The van der Waals surface area contributed by atoms with Gasteiger partial charge in [0.05, 0.1) is 18.7 Å². The molecule has 1 fully saturated rings. The van der Waals surface area contributed by atoms with E-state index in [-0.39, 0.29) is 11.9 Å². The monoisotopic (exact) mass is 450 g/mol. The summed E-state index contributed by atoms with van der Waals surface area (Å²) in [7, 11) is 0. The van der Waals surface area contributed by atoms with Gasteiger partial charge >= 0.3 is 0 Å². The van der Waals surface area contributed by atoms with Crippen molar-refractivity contribution in [2.75, 3.05) is 13.1 Å². The zero-order valence-electron chi connectivity index (χ0n) is 19.7. The number of amides is 1. The lowest BCUT2D eigenvalue weighted by atomic mass is 9.90. The molecule has 3 aliphatic rings. The molecule has 1 atom stereocenters. The van der Waals surface area contributed by atoms with Crippen LogP contribution in [-0.4, -0.2) is 45.5 Å². The maximum Gasteiger partial charge on any atom is 0.227 e. The zero-order chi connectivity index (χ0) is 23.1. The molecule has 3 aromatic rings. The fourth-order valence-corrected chi connectivity index (χ4v) is 5.65.